The van der Waals surface area contributed by atoms with Crippen molar-refractivity contribution in [2.45, 2.75) is 17.7 Å². The van der Waals surface area contributed by atoms with Crippen LogP contribution in [0.15, 0.2) is 29.2 Å². The Morgan fingerprint density at radius 3 is 2.60 bits per heavy atom. The number of hydrogen-bond donors (Lipinski definition) is 1. The predicted octanol–water partition coefficient (Wildman–Crippen LogP) is 2.89. The zero-order valence-corrected chi connectivity index (χ0v) is 13.3. The van der Waals surface area contributed by atoms with Gasteiger partial charge in [-0.3, -0.25) is 4.79 Å². The molecule has 5 heteroatoms. The van der Waals surface area contributed by atoms with Crippen LogP contribution in [0.3, 0.4) is 0 Å². The Bertz CT molecular complexity index is 430. The number of rotatable bonds is 5. The SMILES string of the molecule is CNCC1CCN(C(=O)CSc2ccc(Cl)cc2)CC1. The van der Waals surface area contributed by atoms with Gasteiger partial charge in [-0.25, -0.2) is 0 Å². The monoisotopic (exact) mass is 312 g/mol. The van der Waals surface area contributed by atoms with Crippen molar-refractivity contribution in [1.29, 1.82) is 0 Å². The van der Waals surface area contributed by atoms with Gasteiger partial charge in [0.2, 0.25) is 5.91 Å². The smallest absolute Gasteiger partial charge is 0.232 e. The number of carbonyl (C=O) groups is 1. The molecule has 0 bridgehead atoms. The van der Waals surface area contributed by atoms with E-state index in [9.17, 15) is 4.79 Å². The van der Waals surface area contributed by atoms with E-state index >= 15 is 0 Å². The van der Waals surface area contributed by atoms with E-state index in [1.165, 1.54) is 0 Å². The number of thioether (sulfide) groups is 1. The van der Waals surface area contributed by atoms with Crippen molar-refractivity contribution in [3.05, 3.63) is 29.3 Å². The molecule has 2 rings (SSSR count). The highest BCUT2D eigenvalue weighted by Gasteiger charge is 2.22. The maximum absolute atomic E-state index is 12.2. The average molecular weight is 313 g/mol. The molecule has 1 aliphatic heterocycles. The van der Waals surface area contributed by atoms with Crippen molar-refractivity contribution in [3.8, 4) is 0 Å². The van der Waals surface area contributed by atoms with Crippen LogP contribution in [0, 0.1) is 5.92 Å². The lowest BCUT2D eigenvalue weighted by Crippen LogP contribution is -2.41. The lowest BCUT2D eigenvalue weighted by Gasteiger charge is -2.31. The van der Waals surface area contributed by atoms with E-state index in [1.807, 2.05) is 36.2 Å². The summed E-state index contributed by atoms with van der Waals surface area (Å²) in [6, 6.07) is 7.63. The zero-order chi connectivity index (χ0) is 14.4. The van der Waals surface area contributed by atoms with Crippen LogP contribution in [-0.4, -0.2) is 43.2 Å². The van der Waals surface area contributed by atoms with Crippen LogP contribution < -0.4 is 5.32 Å². The van der Waals surface area contributed by atoms with Gasteiger partial charge < -0.3 is 10.2 Å². The van der Waals surface area contributed by atoms with E-state index in [4.69, 9.17) is 11.6 Å². The van der Waals surface area contributed by atoms with Crippen LogP contribution in [0.1, 0.15) is 12.8 Å². The third-order valence-electron chi connectivity index (χ3n) is 3.64. The molecule has 1 aliphatic rings. The van der Waals surface area contributed by atoms with Crippen LogP contribution in [0.25, 0.3) is 0 Å². The van der Waals surface area contributed by atoms with Crippen molar-refractivity contribution in [2.75, 3.05) is 32.4 Å². The van der Waals surface area contributed by atoms with Crippen molar-refractivity contribution < 1.29 is 4.79 Å². The van der Waals surface area contributed by atoms with Gasteiger partial charge in [0.05, 0.1) is 5.75 Å². The Hall–Kier alpha value is -0.710. The minimum absolute atomic E-state index is 0.243. The summed E-state index contributed by atoms with van der Waals surface area (Å²) in [5.74, 6) is 1.47. The molecule has 1 aromatic carbocycles. The second-order valence-electron chi connectivity index (χ2n) is 5.12. The molecule has 20 heavy (non-hydrogen) atoms. The van der Waals surface area contributed by atoms with E-state index in [-0.39, 0.29) is 5.91 Å². The van der Waals surface area contributed by atoms with Gasteiger partial charge in [0.1, 0.15) is 0 Å². The molecule has 3 nitrogen and oxygen atoms in total. The van der Waals surface area contributed by atoms with Gasteiger partial charge in [0.25, 0.3) is 0 Å². The van der Waals surface area contributed by atoms with Crippen LogP contribution in [0.4, 0.5) is 0 Å². The summed E-state index contributed by atoms with van der Waals surface area (Å²) in [7, 11) is 1.99. The summed E-state index contributed by atoms with van der Waals surface area (Å²) < 4.78 is 0. The Balaban J connectivity index is 1.74. The summed E-state index contributed by atoms with van der Waals surface area (Å²) in [6.07, 6.45) is 2.22. The molecule has 0 radical (unpaired) electrons. The number of benzene rings is 1. The quantitative estimate of drug-likeness (QED) is 0.849. The molecule has 0 spiro atoms. The minimum Gasteiger partial charge on any atom is -0.342 e. The lowest BCUT2D eigenvalue weighted by atomic mass is 9.97. The highest BCUT2D eigenvalue weighted by atomic mass is 35.5. The molecule has 1 aromatic rings. The van der Waals surface area contributed by atoms with Crippen LogP contribution >= 0.6 is 23.4 Å². The molecule has 1 amide bonds. The molecule has 110 valence electrons. The first-order chi connectivity index (χ1) is 9.69. The molecular weight excluding hydrogens is 292 g/mol. The van der Waals surface area contributed by atoms with Gasteiger partial charge in [-0.1, -0.05) is 11.6 Å². The van der Waals surface area contributed by atoms with Gasteiger partial charge >= 0.3 is 0 Å². The standard InChI is InChI=1S/C15H21ClN2OS/c1-17-10-12-6-8-18(9-7-12)15(19)11-20-14-4-2-13(16)3-5-14/h2-5,12,17H,6-11H2,1H3. The molecular formula is C15H21ClN2OS. The van der Waals surface area contributed by atoms with Crippen molar-refractivity contribution in [1.82, 2.24) is 10.2 Å². The van der Waals surface area contributed by atoms with Crippen molar-refractivity contribution >= 4 is 29.3 Å². The third kappa shape index (κ3) is 4.69. The van der Waals surface area contributed by atoms with Crippen LogP contribution in [0.2, 0.25) is 5.02 Å². The van der Waals surface area contributed by atoms with E-state index in [0.29, 0.717) is 11.7 Å². The molecule has 0 saturated carbocycles. The second-order valence-corrected chi connectivity index (χ2v) is 6.61. The molecule has 1 N–H and O–H groups in total. The number of piperidine rings is 1. The van der Waals surface area contributed by atoms with Crippen molar-refractivity contribution in [3.63, 3.8) is 0 Å². The van der Waals surface area contributed by atoms with Gasteiger partial charge in [-0.2, -0.15) is 0 Å². The summed E-state index contributed by atoms with van der Waals surface area (Å²) in [6.45, 7) is 2.85. The number of halogens is 1. The molecule has 0 unspecified atom stereocenters. The van der Waals surface area contributed by atoms with Crippen molar-refractivity contribution in [2.24, 2.45) is 5.92 Å². The van der Waals surface area contributed by atoms with E-state index < -0.39 is 0 Å². The second kappa shape index (κ2) is 7.91. The number of nitrogens with one attached hydrogen (secondary N) is 1. The summed E-state index contributed by atoms with van der Waals surface area (Å²) in [5.41, 5.74) is 0. The van der Waals surface area contributed by atoms with E-state index in [0.717, 1.165) is 42.4 Å². The summed E-state index contributed by atoms with van der Waals surface area (Å²) in [5, 5.41) is 3.94. The molecule has 1 heterocycles. The Morgan fingerprint density at radius 1 is 1.35 bits per heavy atom. The molecule has 1 saturated heterocycles. The van der Waals surface area contributed by atoms with Gasteiger partial charge in [0, 0.05) is 23.0 Å². The van der Waals surface area contributed by atoms with Crippen LogP contribution in [0.5, 0.6) is 0 Å². The third-order valence-corrected chi connectivity index (χ3v) is 4.88. The van der Waals surface area contributed by atoms with E-state index in [2.05, 4.69) is 5.32 Å². The topological polar surface area (TPSA) is 32.3 Å². The fraction of sp³-hybridized carbons (Fsp3) is 0.533. The highest BCUT2D eigenvalue weighted by Crippen LogP contribution is 2.22. The van der Waals surface area contributed by atoms with E-state index in [1.54, 1.807) is 11.8 Å². The fourth-order valence-corrected chi connectivity index (χ4v) is 3.37. The summed E-state index contributed by atoms with van der Waals surface area (Å²) >= 11 is 7.43. The predicted molar refractivity (Wildman–Crippen MR) is 85.4 cm³/mol. The Labute approximate surface area is 130 Å². The van der Waals surface area contributed by atoms with Gasteiger partial charge in [-0.15, -0.1) is 11.8 Å². The lowest BCUT2D eigenvalue weighted by molar-refractivity contribution is -0.129. The van der Waals surface area contributed by atoms with Crippen LogP contribution in [-0.2, 0) is 4.79 Å². The molecule has 0 aromatic heterocycles. The van der Waals surface area contributed by atoms with Gasteiger partial charge in [-0.05, 0) is 56.6 Å². The first kappa shape index (κ1) is 15.7. The number of nitrogens with zero attached hydrogens (tertiary/aromatic N) is 1. The molecule has 0 atom stereocenters. The first-order valence-corrected chi connectivity index (χ1v) is 8.36. The Kier molecular flexibility index (Phi) is 6.20. The average Bonchev–Trinajstić information content (AvgIpc) is 2.47. The highest BCUT2D eigenvalue weighted by molar-refractivity contribution is 8.00. The number of hydrogen-bond acceptors (Lipinski definition) is 3. The molecule has 0 aliphatic carbocycles. The zero-order valence-electron chi connectivity index (χ0n) is 11.8. The molecule has 1 fully saturated rings. The first-order valence-electron chi connectivity index (χ1n) is 7.00. The largest absolute Gasteiger partial charge is 0.342 e. The van der Waals surface area contributed by atoms with Gasteiger partial charge in [0.15, 0.2) is 0 Å². The number of amides is 1. The minimum atomic E-state index is 0.243. The maximum Gasteiger partial charge on any atom is 0.232 e. The number of likely N-dealkylation sites (tertiary alicyclic amines) is 1. The normalized spacial score (nSPS) is 16.4. The maximum atomic E-state index is 12.2. The summed E-state index contributed by atoms with van der Waals surface area (Å²) in [4.78, 5) is 15.3. The number of carbonyl (C=O) groups excluding carboxylic acids is 1. The fourth-order valence-electron chi connectivity index (χ4n) is 2.44. The Morgan fingerprint density at radius 2 is 2.00 bits per heavy atom.